The van der Waals surface area contributed by atoms with Gasteiger partial charge in [0.25, 0.3) is 0 Å². The monoisotopic (exact) mass is 741 g/mol. The molecule has 0 aliphatic rings. The van der Waals surface area contributed by atoms with Gasteiger partial charge >= 0.3 is 11.9 Å². The molecule has 53 heavy (non-hydrogen) atoms. The van der Waals surface area contributed by atoms with Crippen LogP contribution in [0, 0.1) is 0 Å². The molecule has 0 aromatic carbocycles. The van der Waals surface area contributed by atoms with Gasteiger partial charge in [-0.2, -0.15) is 0 Å². The molecule has 4 heteroatoms. The lowest BCUT2D eigenvalue weighted by molar-refractivity contribution is -0.147. The van der Waals surface area contributed by atoms with E-state index in [9.17, 15) is 9.59 Å². The van der Waals surface area contributed by atoms with Crippen molar-refractivity contribution in [3.05, 3.63) is 48.6 Å². The third-order valence-electron chi connectivity index (χ3n) is 10.3. The number of carbonyl (C=O) groups excluding carboxylic acids is 1. The minimum Gasteiger partial charge on any atom is -0.481 e. The lowest BCUT2D eigenvalue weighted by Crippen LogP contribution is -2.16. The van der Waals surface area contributed by atoms with Gasteiger partial charge in [0.05, 0.1) is 0 Å². The second kappa shape index (κ2) is 44.3. The van der Waals surface area contributed by atoms with E-state index in [2.05, 4.69) is 62.5 Å². The maximum absolute atomic E-state index is 12.7. The van der Waals surface area contributed by atoms with E-state index in [0.717, 1.165) is 77.0 Å². The topological polar surface area (TPSA) is 63.6 Å². The van der Waals surface area contributed by atoms with Crippen molar-refractivity contribution in [1.29, 1.82) is 0 Å². The molecule has 1 unspecified atom stereocenters. The lowest BCUT2D eigenvalue weighted by atomic mass is 10.0. The minimum absolute atomic E-state index is 0.0716. The predicted molar refractivity (Wildman–Crippen MR) is 232 cm³/mol. The molecule has 0 saturated heterocycles. The Hall–Kier alpha value is -2.10. The van der Waals surface area contributed by atoms with E-state index in [1.165, 1.54) is 141 Å². The number of rotatable bonds is 42. The molecular formula is C49H88O4. The predicted octanol–water partition coefficient (Wildman–Crippen LogP) is 16.3. The maximum Gasteiger partial charge on any atom is 0.306 e. The van der Waals surface area contributed by atoms with Crippen LogP contribution >= 0.6 is 0 Å². The van der Waals surface area contributed by atoms with Crippen molar-refractivity contribution >= 4 is 11.9 Å². The molecule has 0 fully saturated rings. The molecule has 0 amide bonds. The lowest BCUT2D eigenvalue weighted by Gasteiger charge is -2.14. The van der Waals surface area contributed by atoms with Crippen LogP contribution in [0.1, 0.15) is 245 Å². The van der Waals surface area contributed by atoms with Crippen LogP contribution in [-0.2, 0) is 14.3 Å². The van der Waals surface area contributed by atoms with Crippen molar-refractivity contribution in [2.75, 3.05) is 0 Å². The van der Waals surface area contributed by atoms with E-state index in [1.54, 1.807) is 0 Å². The number of unbranched alkanes of at least 4 members (excludes halogenated alkanes) is 27. The van der Waals surface area contributed by atoms with E-state index in [4.69, 9.17) is 9.84 Å². The second-order valence-electron chi connectivity index (χ2n) is 15.6. The Bertz CT molecular complexity index is 885. The molecule has 0 aromatic rings. The van der Waals surface area contributed by atoms with Crippen LogP contribution in [0.5, 0.6) is 0 Å². The van der Waals surface area contributed by atoms with Crippen LogP contribution in [0.3, 0.4) is 0 Å². The molecular weight excluding hydrogens is 653 g/mol. The molecule has 0 aliphatic carbocycles. The first-order valence-corrected chi connectivity index (χ1v) is 23.1. The summed E-state index contributed by atoms with van der Waals surface area (Å²) in [7, 11) is 0. The van der Waals surface area contributed by atoms with Gasteiger partial charge in [-0.25, -0.2) is 0 Å². The summed E-state index contributed by atoms with van der Waals surface area (Å²) in [5.74, 6) is -0.787. The van der Waals surface area contributed by atoms with Gasteiger partial charge in [0.2, 0.25) is 0 Å². The Morgan fingerprint density at radius 1 is 0.434 bits per heavy atom. The fourth-order valence-corrected chi connectivity index (χ4v) is 6.92. The first-order valence-electron chi connectivity index (χ1n) is 23.1. The maximum atomic E-state index is 12.7. The van der Waals surface area contributed by atoms with Crippen molar-refractivity contribution in [2.45, 2.75) is 251 Å². The summed E-state index contributed by atoms with van der Waals surface area (Å²) >= 11 is 0. The highest BCUT2D eigenvalue weighted by Gasteiger charge is 2.11. The van der Waals surface area contributed by atoms with E-state index < -0.39 is 5.97 Å². The summed E-state index contributed by atoms with van der Waals surface area (Å²) in [5, 5.41) is 8.83. The van der Waals surface area contributed by atoms with Gasteiger partial charge < -0.3 is 9.84 Å². The third-order valence-corrected chi connectivity index (χ3v) is 10.3. The standard InChI is InChI=1S/C49H88O4/c1-3-5-7-9-11-13-15-16-17-18-19-20-21-22-23-24-25-26-27-29-31-33-38-42-46-49(52)53-47(44-40-36-34-37-41-45-48(50)51)43-39-35-32-30-28-14-12-10-8-6-4-2/h6,8,12,14,30,32,39,43,47H,3-5,7,9-11,13,15-29,31,33-38,40-42,44-46H2,1-2H3,(H,50,51)/b8-6-,14-12-,32-30-,43-39-. The number of ether oxygens (including phenoxy) is 1. The summed E-state index contributed by atoms with van der Waals surface area (Å²) in [6.45, 7) is 4.45. The highest BCUT2D eigenvalue weighted by molar-refractivity contribution is 5.69. The van der Waals surface area contributed by atoms with Gasteiger partial charge in [-0.05, 0) is 57.4 Å². The first-order chi connectivity index (χ1) is 26.1. The zero-order chi connectivity index (χ0) is 38.6. The van der Waals surface area contributed by atoms with Crippen LogP contribution in [0.4, 0.5) is 0 Å². The quantitative estimate of drug-likeness (QED) is 0.0384. The normalized spacial score (nSPS) is 12.6. The molecule has 0 spiro atoms. The number of allylic oxidation sites excluding steroid dienone is 7. The molecule has 1 N–H and O–H groups in total. The summed E-state index contributed by atoms with van der Waals surface area (Å²) < 4.78 is 5.91. The molecule has 1 atom stereocenters. The smallest absolute Gasteiger partial charge is 0.306 e. The summed E-state index contributed by atoms with van der Waals surface area (Å²) in [6.07, 6.45) is 60.4. The van der Waals surface area contributed by atoms with Crippen molar-refractivity contribution in [3.8, 4) is 0 Å². The molecule has 4 nitrogen and oxygen atoms in total. The Kier molecular flexibility index (Phi) is 42.5. The van der Waals surface area contributed by atoms with Crippen molar-refractivity contribution in [3.63, 3.8) is 0 Å². The molecule has 0 aliphatic heterocycles. The largest absolute Gasteiger partial charge is 0.481 e. The van der Waals surface area contributed by atoms with Gasteiger partial charge in [-0.15, -0.1) is 0 Å². The first kappa shape index (κ1) is 50.9. The number of carboxylic acids is 1. The van der Waals surface area contributed by atoms with Gasteiger partial charge in [0.1, 0.15) is 6.10 Å². The summed E-state index contributed by atoms with van der Waals surface area (Å²) in [6, 6.07) is 0. The SMILES string of the molecule is CC/C=C\C/C=C\C/C=C\C/C=C\C(CCCCCCCC(=O)O)OC(=O)CCCCCCCCCCCCCCCCCCCCCCCCCC. The van der Waals surface area contributed by atoms with Gasteiger partial charge in [0.15, 0.2) is 0 Å². The number of carboxylic acid groups (broad SMARTS) is 1. The van der Waals surface area contributed by atoms with E-state index >= 15 is 0 Å². The van der Waals surface area contributed by atoms with E-state index in [0.29, 0.717) is 6.42 Å². The number of esters is 1. The fourth-order valence-electron chi connectivity index (χ4n) is 6.92. The number of hydrogen-bond donors (Lipinski definition) is 1. The van der Waals surface area contributed by atoms with Crippen LogP contribution in [0.25, 0.3) is 0 Å². The van der Waals surface area contributed by atoms with Gasteiger partial charge in [-0.1, -0.05) is 223 Å². The number of hydrogen-bond acceptors (Lipinski definition) is 3. The average Bonchev–Trinajstić information content (AvgIpc) is 3.14. The second-order valence-corrected chi connectivity index (χ2v) is 15.6. The molecule has 0 bridgehead atoms. The van der Waals surface area contributed by atoms with Crippen molar-refractivity contribution in [1.82, 2.24) is 0 Å². The fraction of sp³-hybridized carbons (Fsp3) is 0.796. The molecule has 0 rings (SSSR count). The van der Waals surface area contributed by atoms with Gasteiger partial charge in [0, 0.05) is 12.8 Å². The van der Waals surface area contributed by atoms with Crippen LogP contribution in [-0.4, -0.2) is 23.1 Å². The zero-order valence-electron chi connectivity index (χ0n) is 35.3. The Morgan fingerprint density at radius 3 is 1.17 bits per heavy atom. The Morgan fingerprint density at radius 2 is 0.774 bits per heavy atom. The van der Waals surface area contributed by atoms with Crippen LogP contribution in [0.2, 0.25) is 0 Å². The molecule has 0 saturated carbocycles. The molecule has 308 valence electrons. The minimum atomic E-state index is -0.716. The average molecular weight is 741 g/mol. The Labute approximate surface area is 330 Å². The summed E-state index contributed by atoms with van der Waals surface area (Å²) in [4.78, 5) is 23.4. The van der Waals surface area contributed by atoms with Gasteiger partial charge in [-0.3, -0.25) is 9.59 Å². The third kappa shape index (κ3) is 44.2. The molecule has 0 heterocycles. The number of aliphatic carboxylic acids is 1. The summed E-state index contributed by atoms with van der Waals surface area (Å²) in [5.41, 5.74) is 0. The van der Waals surface area contributed by atoms with E-state index in [1.807, 2.05) is 0 Å². The van der Waals surface area contributed by atoms with Crippen LogP contribution < -0.4 is 0 Å². The number of carbonyl (C=O) groups is 2. The highest BCUT2D eigenvalue weighted by Crippen LogP contribution is 2.17. The highest BCUT2D eigenvalue weighted by atomic mass is 16.5. The Balaban J connectivity index is 3.89. The van der Waals surface area contributed by atoms with Crippen LogP contribution in [0.15, 0.2) is 48.6 Å². The van der Waals surface area contributed by atoms with Crippen molar-refractivity contribution < 1.29 is 19.4 Å². The molecule has 0 radical (unpaired) electrons. The van der Waals surface area contributed by atoms with Crippen molar-refractivity contribution in [2.24, 2.45) is 0 Å². The molecule has 0 aromatic heterocycles. The zero-order valence-corrected chi connectivity index (χ0v) is 35.3. The van der Waals surface area contributed by atoms with E-state index in [-0.39, 0.29) is 18.5 Å².